The highest BCUT2D eigenvalue weighted by Gasteiger charge is 2.60. The van der Waals surface area contributed by atoms with Gasteiger partial charge in [0.05, 0.1) is 0 Å². The van der Waals surface area contributed by atoms with E-state index in [0.29, 0.717) is 11.0 Å². The van der Waals surface area contributed by atoms with Crippen LogP contribution < -0.4 is 4.57 Å². The Morgan fingerprint density at radius 1 is 1.12 bits per heavy atom. The van der Waals surface area contributed by atoms with Gasteiger partial charge in [0.25, 0.3) is 0 Å². The Bertz CT molecular complexity index is 321. The summed E-state index contributed by atoms with van der Waals surface area (Å²) in [4.78, 5) is 2.43. The number of nitrogens with zero attached hydrogens (tertiary/aromatic N) is 1. The maximum Gasteiger partial charge on any atom is 0.464 e. The first kappa shape index (κ1) is 14.0. The number of aromatic amines is 1. The molecule has 2 nitrogen and oxygen atoms in total. The van der Waals surface area contributed by atoms with Gasteiger partial charge in [-0.3, -0.25) is 4.98 Å². The molecule has 0 aliphatic rings. The van der Waals surface area contributed by atoms with Crippen molar-refractivity contribution in [3.8, 4) is 0 Å². The largest absolute Gasteiger partial charge is 0.464 e. The molecule has 0 aromatic carbocycles. The lowest BCUT2D eigenvalue weighted by Gasteiger charge is -2.24. The highest BCUT2D eigenvalue weighted by molar-refractivity contribution is 4.72. The number of unbranched alkanes of at least 4 members (excludes halogenated alkanes) is 3. The summed E-state index contributed by atoms with van der Waals surface area (Å²) < 4.78 is 53.0. The first-order chi connectivity index (χ1) is 7.92. The Hall–Kier alpha value is -1.07. The topological polar surface area (TPSA) is 19.7 Å². The molecule has 6 heteroatoms. The lowest BCUT2D eigenvalue weighted by molar-refractivity contribution is -0.820. The van der Waals surface area contributed by atoms with Crippen LogP contribution in [0.4, 0.5) is 17.6 Å². The smallest absolute Gasteiger partial charge is 0.250 e. The quantitative estimate of drug-likeness (QED) is 0.455. The Balaban J connectivity index is 2.74. The van der Waals surface area contributed by atoms with E-state index < -0.39 is 18.4 Å². The molecule has 0 aliphatic heterocycles. The molecule has 1 heterocycles. The van der Waals surface area contributed by atoms with Crippen molar-refractivity contribution < 1.29 is 22.1 Å². The predicted molar refractivity (Wildman–Crippen MR) is 54.9 cm³/mol. The number of hydrogen-bond acceptors (Lipinski definition) is 0. The van der Waals surface area contributed by atoms with Gasteiger partial charge in [0, 0.05) is 6.42 Å². The van der Waals surface area contributed by atoms with Gasteiger partial charge >= 0.3 is 12.0 Å². The van der Waals surface area contributed by atoms with Crippen LogP contribution in [0.2, 0.25) is 0 Å². The van der Waals surface area contributed by atoms with Crippen molar-refractivity contribution in [2.45, 2.75) is 51.0 Å². The maximum atomic E-state index is 14.1. The number of aromatic nitrogens is 2. The maximum absolute atomic E-state index is 14.1. The second kappa shape index (κ2) is 5.51. The molecule has 1 unspecified atom stereocenters. The van der Waals surface area contributed by atoms with Gasteiger partial charge in [0.2, 0.25) is 6.33 Å². The molecule has 1 N–H and O–H groups in total. The van der Waals surface area contributed by atoms with Crippen molar-refractivity contribution in [3.63, 3.8) is 0 Å². The molecule has 0 amide bonds. The molecule has 0 saturated heterocycles. The van der Waals surface area contributed by atoms with Crippen LogP contribution in [0.25, 0.3) is 0 Å². The van der Waals surface area contributed by atoms with Gasteiger partial charge in [-0.15, -0.1) is 0 Å². The van der Waals surface area contributed by atoms with Crippen molar-refractivity contribution in [3.05, 3.63) is 18.7 Å². The zero-order valence-corrected chi connectivity index (χ0v) is 9.73. The molecule has 1 aromatic heterocycles. The van der Waals surface area contributed by atoms with E-state index in [1.165, 1.54) is 6.20 Å². The molecule has 1 aromatic rings. The first-order valence-corrected chi connectivity index (χ1v) is 5.72. The third-order valence-electron chi connectivity index (χ3n) is 2.75. The van der Waals surface area contributed by atoms with Crippen LogP contribution in [-0.4, -0.2) is 11.2 Å². The fraction of sp³-hybridized carbons (Fsp3) is 0.727. The summed E-state index contributed by atoms with van der Waals surface area (Å²) in [5.41, 5.74) is 0. The Labute approximate surface area is 97.7 Å². The molecule has 1 rings (SSSR count). The molecule has 98 valence electrons. The molecule has 0 bridgehead atoms. The van der Waals surface area contributed by atoms with Crippen LogP contribution in [-0.2, 0) is 5.79 Å². The van der Waals surface area contributed by atoms with Crippen molar-refractivity contribution >= 4 is 0 Å². The molecular weight excluding hydrogens is 236 g/mol. The summed E-state index contributed by atoms with van der Waals surface area (Å²) in [6.07, 6.45) is 0.456. The number of nitrogens with one attached hydrogen (secondary N) is 1. The van der Waals surface area contributed by atoms with E-state index in [2.05, 4.69) is 4.98 Å². The van der Waals surface area contributed by atoms with E-state index in [-0.39, 0.29) is 6.42 Å². The molecule has 0 saturated carbocycles. The Morgan fingerprint density at radius 3 is 2.29 bits per heavy atom. The molecule has 0 spiro atoms. The van der Waals surface area contributed by atoms with Gasteiger partial charge in [0.15, 0.2) is 0 Å². The number of H-pyrrole nitrogens is 1. The van der Waals surface area contributed by atoms with Gasteiger partial charge < -0.3 is 0 Å². The van der Waals surface area contributed by atoms with E-state index in [1.807, 2.05) is 6.92 Å². The van der Waals surface area contributed by atoms with Crippen LogP contribution in [0.15, 0.2) is 18.7 Å². The third kappa shape index (κ3) is 3.20. The van der Waals surface area contributed by atoms with Crippen LogP contribution >= 0.6 is 0 Å². The van der Waals surface area contributed by atoms with Crippen LogP contribution in [0.5, 0.6) is 0 Å². The van der Waals surface area contributed by atoms with Gasteiger partial charge in [-0.25, -0.2) is 0 Å². The van der Waals surface area contributed by atoms with E-state index in [0.717, 1.165) is 25.4 Å². The number of hydrogen-bond donors (Lipinski definition) is 1. The van der Waals surface area contributed by atoms with Gasteiger partial charge in [-0.05, 0) is 6.42 Å². The molecule has 0 aliphatic carbocycles. The fourth-order valence-electron chi connectivity index (χ4n) is 1.71. The third-order valence-corrected chi connectivity index (χ3v) is 2.75. The summed E-state index contributed by atoms with van der Waals surface area (Å²) in [5, 5.41) is 0. The van der Waals surface area contributed by atoms with Crippen molar-refractivity contribution in [1.82, 2.24) is 4.98 Å². The zero-order valence-electron chi connectivity index (χ0n) is 9.73. The normalized spacial score (nSPS) is 15.8. The van der Waals surface area contributed by atoms with E-state index in [9.17, 15) is 17.6 Å². The zero-order chi connectivity index (χ0) is 12.9. The summed E-state index contributed by atoms with van der Waals surface area (Å²) in [7, 11) is 0. The summed E-state index contributed by atoms with van der Waals surface area (Å²) >= 11 is 0. The molecule has 0 fully saturated rings. The van der Waals surface area contributed by atoms with Crippen LogP contribution in [0, 0.1) is 0 Å². The number of alkyl halides is 4. The lowest BCUT2D eigenvalue weighted by Crippen LogP contribution is -2.60. The molecular formula is C11H17F4N2+. The Morgan fingerprint density at radius 2 is 1.82 bits per heavy atom. The van der Waals surface area contributed by atoms with E-state index >= 15 is 0 Å². The number of rotatable bonds is 6. The number of halogens is 4. The van der Waals surface area contributed by atoms with E-state index in [4.69, 9.17) is 0 Å². The van der Waals surface area contributed by atoms with Crippen molar-refractivity contribution in [1.29, 1.82) is 0 Å². The minimum atomic E-state index is -4.90. The van der Waals surface area contributed by atoms with Crippen LogP contribution in [0.1, 0.15) is 39.0 Å². The Kier molecular flexibility index (Phi) is 4.54. The highest BCUT2D eigenvalue weighted by Crippen LogP contribution is 2.38. The van der Waals surface area contributed by atoms with Gasteiger partial charge in [-0.1, -0.05) is 26.2 Å². The molecule has 1 atom stereocenters. The lowest BCUT2D eigenvalue weighted by atomic mass is 10.0. The average molecular weight is 253 g/mol. The van der Waals surface area contributed by atoms with Crippen molar-refractivity contribution in [2.24, 2.45) is 0 Å². The average Bonchev–Trinajstić information content (AvgIpc) is 2.76. The highest BCUT2D eigenvalue weighted by atomic mass is 19.4. The molecule has 0 radical (unpaired) electrons. The fourth-order valence-corrected chi connectivity index (χ4v) is 1.71. The summed E-state index contributed by atoms with van der Waals surface area (Å²) in [6, 6.07) is 0. The monoisotopic (exact) mass is 253 g/mol. The summed E-state index contributed by atoms with van der Waals surface area (Å²) in [6.45, 7) is 1.95. The van der Waals surface area contributed by atoms with E-state index in [1.54, 1.807) is 0 Å². The minimum absolute atomic E-state index is 0.224. The second-order valence-electron chi connectivity index (χ2n) is 4.09. The van der Waals surface area contributed by atoms with Crippen LogP contribution in [0.3, 0.4) is 0 Å². The number of imidazole rings is 1. The summed E-state index contributed by atoms with van der Waals surface area (Å²) in [5.74, 6) is -3.30. The van der Waals surface area contributed by atoms with Crippen molar-refractivity contribution in [2.75, 3.05) is 0 Å². The first-order valence-electron chi connectivity index (χ1n) is 5.72. The van der Waals surface area contributed by atoms with Gasteiger partial charge in [-0.2, -0.15) is 22.1 Å². The van der Waals surface area contributed by atoms with Gasteiger partial charge in [0.1, 0.15) is 12.4 Å². The molecule has 17 heavy (non-hydrogen) atoms. The minimum Gasteiger partial charge on any atom is -0.250 e. The standard InChI is InChI=1S/C11H16F4N2/c1-2-3-4-5-6-10(12,11(13,14)15)17-8-7-16-9-17/h7-9H,2-6H2,1H3/p+1. The SMILES string of the molecule is CCCCCCC(F)([n+]1cc[nH]c1)C(F)(F)F. The predicted octanol–water partition coefficient (Wildman–Crippen LogP) is 3.46. The second-order valence-corrected chi connectivity index (χ2v) is 4.09.